The Morgan fingerprint density at radius 3 is 2.65 bits per heavy atom. The highest BCUT2D eigenvalue weighted by Crippen LogP contribution is 2.29. The van der Waals surface area contributed by atoms with Crippen LogP contribution in [0.5, 0.6) is 0 Å². The van der Waals surface area contributed by atoms with Gasteiger partial charge in [-0.25, -0.2) is 9.37 Å². The largest absolute Gasteiger partial charge is 0.349 e. The number of H-pyrrole nitrogens is 1. The number of fused-ring (bicyclic) bond motifs is 3. The van der Waals surface area contributed by atoms with Crippen LogP contribution in [0.1, 0.15) is 20.3 Å². The van der Waals surface area contributed by atoms with Crippen molar-refractivity contribution >= 4 is 33.7 Å². The number of rotatable bonds is 4. The Hall–Kier alpha value is -2.60. The van der Waals surface area contributed by atoms with Gasteiger partial charge in [0.25, 0.3) is 5.56 Å². The van der Waals surface area contributed by atoms with Crippen LogP contribution in [0.3, 0.4) is 0 Å². The van der Waals surface area contributed by atoms with Crippen molar-refractivity contribution < 1.29 is 4.39 Å². The monoisotopic (exact) mass is 367 g/mol. The summed E-state index contributed by atoms with van der Waals surface area (Å²) in [6.07, 6.45) is 0.954. The molecule has 0 spiro atoms. The zero-order valence-electron chi connectivity index (χ0n) is 14.5. The lowest BCUT2D eigenvalue weighted by atomic mass is 10.2. The lowest BCUT2D eigenvalue weighted by Gasteiger charge is -2.14. The number of nitrogens with zero attached hydrogens (tertiary/aromatic N) is 2. The van der Waals surface area contributed by atoms with E-state index >= 15 is 0 Å². The average molecular weight is 367 g/mol. The van der Waals surface area contributed by atoms with Gasteiger partial charge in [0.1, 0.15) is 16.9 Å². The maximum absolute atomic E-state index is 13.3. The van der Waals surface area contributed by atoms with E-state index in [1.807, 2.05) is 24.3 Å². The molecular weight excluding hydrogens is 349 g/mol. The minimum absolute atomic E-state index is 0.177. The molecule has 0 aliphatic rings. The number of aromatic amines is 1. The molecule has 4 nitrogen and oxygen atoms in total. The third-order valence-corrected chi connectivity index (χ3v) is 5.68. The van der Waals surface area contributed by atoms with Crippen LogP contribution in [0.15, 0.2) is 58.5 Å². The van der Waals surface area contributed by atoms with Crippen molar-refractivity contribution in [1.29, 1.82) is 0 Å². The second-order valence-electron chi connectivity index (χ2n) is 6.24. The molecule has 4 aromatic rings. The molecule has 2 aromatic carbocycles. The fraction of sp³-hybridized carbons (Fsp3) is 0.200. The number of thioether (sulfide) groups is 1. The Balaban J connectivity index is 2.05. The summed E-state index contributed by atoms with van der Waals surface area (Å²) in [4.78, 5) is 21.3. The fourth-order valence-corrected chi connectivity index (χ4v) is 3.87. The molecule has 0 aliphatic carbocycles. The van der Waals surface area contributed by atoms with Crippen LogP contribution in [-0.2, 0) is 0 Å². The Morgan fingerprint density at radius 2 is 1.92 bits per heavy atom. The SMILES string of the molecule is CC[C@H](C)Sc1nc2c([nH]c3ccccc32)c(=O)n1-c1ccc(F)cc1. The van der Waals surface area contributed by atoms with Gasteiger partial charge in [-0.1, -0.05) is 43.8 Å². The van der Waals surface area contributed by atoms with Crippen molar-refractivity contribution in [2.24, 2.45) is 0 Å². The first-order chi connectivity index (χ1) is 12.6. The van der Waals surface area contributed by atoms with Gasteiger partial charge >= 0.3 is 0 Å². The van der Waals surface area contributed by atoms with Crippen molar-refractivity contribution in [2.75, 3.05) is 0 Å². The van der Waals surface area contributed by atoms with Gasteiger partial charge < -0.3 is 4.98 Å². The second kappa shape index (κ2) is 6.61. The Kier molecular flexibility index (Phi) is 4.28. The number of para-hydroxylation sites is 1. The standard InChI is InChI=1S/C20H18FN3OS/c1-3-12(2)26-20-23-17-15-6-4-5-7-16(15)22-18(17)19(25)24(20)14-10-8-13(21)9-11-14/h4-12,22H,3H2,1-2H3/t12-/m0/s1. The van der Waals surface area contributed by atoms with Gasteiger partial charge in [0.15, 0.2) is 5.16 Å². The normalized spacial score (nSPS) is 12.7. The summed E-state index contributed by atoms with van der Waals surface area (Å²) < 4.78 is 14.9. The van der Waals surface area contributed by atoms with Crippen LogP contribution in [0.4, 0.5) is 4.39 Å². The number of hydrogen-bond donors (Lipinski definition) is 1. The topological polar surface area (TPSA) is 50.7 Å². The summed E-state index contributed by atoms with van der Waals surface area (Å²) in [5, 5.41) is 1.85. The molecule has 0 fully saturated rings. The Morgan fingerprint density at radius 1 is 1.19 bits per heavy atom. The van der Waals surface area contributed by atoms with Crippen LogP contribution in [0.25, 0.3) is 27.6 Å². The molecule has 2 heterocycles. The van der Waals surface area contributed by atoms with Gasteiger partial charge in [0, 0.05) is 16.2 Å². The molecule has 0 aliphatic heterocycles. The van der Waals surface area contributed by atoms with Gasteiger partial charge in [-0.3, -0.25) is 9.36 Å². The minimum atomic E-state index is -0.336. The molecule has 0 saturated carbocycles. The molecular formula is C20H18FN3OS. The van der Waals surface area contributed by atoms with Gasteiger partial charge in [-0.05, 0) is 36.8 Å². The van der Waals surface area contributed by atoms with E-state index in [1.54, 1.807) is 28.5 Å². The summed E-state index contributed by atoms with van der Waals surface area (Å²) >= 11 is 1.55. The molecule has 1 N–H and O–H groups in total. The summed E-state index contributed by atoms with van der Waals surface area (Å²) in [6.45, 7) is 4.20. The minimum Gasteiger partial charge on any atom is -0.349 e. The molecule has 26 heavy (non-hydrogen) atoms. The number of hydrogen-bond acceptors (Lipinski definition) is 3. The van der Waals surface area contributed by atoms with Crippen LogP contribution >= 0.6 is 11.8 Å². The lowest BCUT2D eigenvalue weighted by Crippen LogP contribution is -2.22. The molecule has 0 amide bonds. The molecule has 0 unspecified atom stereocenters. The summed E-state index contributed by atoms with van der Waals surface area (Å²) in [7, 11) is 0. The highest BCUT2D eigenvalue weighted by atomic mass is 32.2. The van der Waals surface area contributed by atoms with E-state index in [4.69, 9.17) is 4.98 Å². The van der Waals surface area contributed by atoms with E-state index in [9.17, 15) is 9.18 Å². The van der Waals surface area contributed by atoms with Crippen molar-refractivity contribution in [3.63, 3.8) is 0 Å². The smallest absolute Gasteiger partial charge is 0.283 e. The fourth-order valence-electron chi connectivity index (χ4n) is 2.90. The molecule has 0 saturated heterocycles. The van der Waals surface area contributed by atoms with Crippen molar-refractivity contribution in [3.8, 4) is 5.69 Å². The summed E-state index contributed by atoms with van der Waals surface area (Å²) in [5.41, 5.74) is 2.45. The zero-order valence-corrected chi connectivity index (χ0v) is 15.3. The lowest BCUT2D eigenvalue weighted by molar-refractivity contribution is 0.627. The first-order valence-corrected chi connectivity index (χ1v) is 9.42. The molecule has 1 atom stereocenters. The highest BCUT2D eigenvalue weighted by Gasteiger charge is 2.18. The predicted molar refractivity (Wildman–Crippen MR) is 105 cm³/mol. The van der Waals surface area contributed by atoms with Gasteiger partial charge in [-0.2, -0.15) is 0 Å². The van der Waals surface area contributed by atoms with E-state index in [0.717, 1.165) is 17.3 Å². The second-order valence-corrected chi connectivity index (χ2v) is 7.65. The molecule has 132 valence electrons. The first kappa shape index (κ1) is 16.8. The third-order valence-electron chi connectivity index (χ3n) is 4.46. The Labute approximate surface area is 154 Å². The van der Waals surface area contributed by atoms with Crippen LogP contribution < -0.4 is 5.56 Å². The van der Waals surface area contributed by atoms with E-state index < -0.39 is 0 Å². The van der Waals surface area contributed by atoms with E-state index in [0.29, 0.717) is 27.1 Å². The van der Waals surface area contributed by atoms with Gasteiger partial charge in [0.2, 0.25) is 0 Å². The maximum atomic E-state index is 13.3. The maximum Gasteiger partial charge on any atom is 0.283 e. The third kappa shape index (κ3) is 2.80. The van der Waals surface area contributed by atoms with Crippen molar-refractivity contribution in [2.45, 2.75) is 30.7 Å². The quantitative estimate of drug-likeness (QED) is 0.412. The van der Waals surface area contributed by atoms with E-state index in [-0.39, 0.29) is 11.4 Å². The summed E-state index contributed by atoms with van der Waals surface area (Å²) in [5.74, 6) is -0.336. The molecule has 0 bridgehead atoms. The number of benzene rings is 2. The molecule has 6 heteroatoms. The zero-order chi connectivity index (χ0) is 18.3. The number of aromatic nitrogens is 3. The van der Waals surface area contributed by atoms with E-state index in [1.165, 1.54) is 12.1 Å². The van der Waals surface area contributed by atoms with Crippen LogP contribution in [-0.4, -0.2) is 19.8 Å². The average Bonchev–Trinajstić information content (AvgIpc) is 3.02. The first-order valence-electron chi connectivity index (χ1n) is 8.54. The van der Waals surface area contributed by atoms with Crippen molar-refractivity contribution in [3.05, 3.63) is 64.7 Å². The van der Waals surface area contributed by atoms with Gasteiger partial charge in [-0.15, -0.1) is 0 Å². The number of nitrogens with one attached hydrogen (secondary N) is 1. The molecule has 4 rings (SSSR count). The number of halogens is 1. The molecule has 0 radical (unpaired) electrons. The summed E-state index contributed by atoms with van der Waals surface area (Å²) in [6, 6.07) is 13.7. The van der Waals surface area contributed by atoms with Crippen LogP contribution in [0.2, 0.25) is 0 Å². The van der Waals surface area contributed by atoms with Crippen LogP contribution in [0, 0.1) is 5.82 Å². The van der Waals surface area contributed by atoms with E-state index in [2.05, 4.69) is 18.8 Å². The van der Waals surface area contributed by atoms with Gasteiger partial charge in [0.05, 0.1) is 5.69 Å². The highest BCUT2D eigenvalue weighted by molar-refractivity contribution is 7.99. The van der Waals surface area contributed by atoms with Crippen molar-refractivity contribution in [1.82, 2.24) is 14.5 Å². The molecule has 2 aromatic heterocycles. The Bertz CT molecular complexity index is 1150. The predicted octanol–water partition coefficient (Wildman–Crippen LogP) is 4.90.